The van der Waals surface area contributed by atoms with Gasteiger partial charge in [0.15, 0.2) is 6.10 Å². The third kappa shape index (κ3) is 5.05. The van der Waals surface area contributed by atoms with E-state index in [9.17, 15) is 9.59 Å². The predicted octanol–water partition coefficient (Wildman–Crippen LogP) is 4.91. The number of rotatable bonds is 7. The number of anilines is 1. The molecule has 0 saturated heterocycles. The summed E-state index contributed by atoms with van der Waals surface area (Å²) < 4.78 is 11.3. The van der Waals surface area contributed by atoms with Crippen molar-refractivity contribution in [2.45, 2.75) is 30.1 Å². The van der Waals surface area contributed by atoms with Crippen molar-refractivity contribution in [3.05, 3.63) is 66.2 Å². The van der Waals surface area contributed by atoms with Gasteiger partial charge in [-0.15, -0.1) is 11.8 Å². The van der Waals surface area contributed by atoms with E-state index in [-0.39, 0.29) is 5.91 Å². The number of ether oxygens (including phenoxy) is 2. The fourth-order valence-electron chi connectivity index (χ4n) is 4.20. The van der Waals surface area contributed by atoms with Gasteiger partial charge in [-0.3, -0.25) is 9.59 Å². The molecule has 7 heteroatoms. The van der Waals surface area contributed by atoms with Gasteiger partial charge in [-0.25, -0.2) is 0 Å². The van der Waals surface area contributed by atoms with Gasteiger partial charge >= 0.3 is 5.97 Å². The zero-order valence-electron chi connectivity index (χ0n) is 20.0. The third-order valence-electron chi connectivity index (χ3n) is 5.76. The van der Waals surface area contributed by atoms with Crippen LogP contribution in [0.25, 0.3) is 10.8 Å². The molecule has 34 heavy (non-hydrogen) atoms. The molecule has 0 aromatic heterocycles. The van der Waals surface area contributed by atoms with Crippen LogP contribution in [-0.2, 0) is 14.3 Å². The van der Waals surface area contributed by atoms with Crippen LogP contribution in [0.1, 0.15) is 24.7 Å². The summed E-state index contributed by atoms with van der Waals surface area (Å²) >= 11 is 1.56. The fourth-order valence-corrected chi connectivity index (χ4v) is 5.56. The van der Waals surface area contributed by atoms with Gasteiger partial charge in [0.1, 0.15) is 5.75 Å². The molecule has 1 aliphatic rings. The summed E-state index contributed by atoms with van der Waals surface area (Å²) in [6.45, 7) is 5.03. The van der Waals surface area contributed by atoms with Crippen molar-refractivity contribution in [1.82, 2.24) is 4.90 Å². The van der Waals surface area contributed by atoms with Crippen molar-refractivity contribution in [2.24, 2.45) is 0 Å². The summed E-state index contributed by atoms with van der Waals surface area (Å²) in [5, 5.41) is 1.70. The van der Waals surface area contributed by atoms with E-state index in [0.29, 0.717) is 19.7 Å². The Labute approximate surface area is 204 Å². The Morgan fingerprint density at radius 3 is 2.41 bits per heavy atom. The van der Waals surface area contributed by atoms with Gasteiger partial charge in [0.2, 0.25) is 0 Å². The Hall–Kier alpha value is -3.03. The van der Waals surface area contributed by atoms with Crippen LogP contribution in [0.5, 0.6) is 5.75 Å². The maximum Gasteiger partial charge on any atom is 0.303 e. The van der Waals surface area contributed by atoms with Crippen molar-refractivity contribution in [1.29, 1.82) is 0 Å². The summed E-state index contributed by atoms with van der Waals surface area (Å²) in [6.07, 6.45) is -0.966. The van der Waals surface area contributed by atoms with Crippen LogP contribution in [0.15, 0.2) is 65.6 Å². The number of carbonyl (C=O) groups is 2. The van der Waals surface area contributed by atoms with Gasteiger partial charge in [0, 0.05) is 30.3 Å². The lowest BCUT2D eigenvalue weighted by molar-refractivity contribution is -0.152. The molecule has 0 aliphatic carbocycles. The fraction of sp³-hybridized carbons (Fsp3) is 0.333. The molecular weight excluding hydrogens is 448 g/mol. The summed E-state index contributed by atoms with van der Waals surface area (Å²) in [5.74, 6) is 0.0671. The average molecular weight is 479 g/mol. The van der Waals surface area contributed by atoms with E-state index in [1.54, 1.807) is 16.7 Å². The van der Waals surface area contributed by atoms with Crippen LogP contribution in [-0.4, -0.2) is 56.7 Å². The molecule has 0 N–H and O–H groups in total. The van der Waals surface area contributed by atoms with E-state index in [0.717, 1.165) is 32.7 Å². The highest BCUT2D eigenvalue weighted by Crippen LogP contribution is 2.47. The predicted molar refractivity (Wildman–Crippen MR) is 137 cm³/mol. The Bertz CT molecular complexity index is 1170. The Kier molecular flexibility index (Phi) is 7.44. The summed E-state index contributed by atoms with van der Waals surface area (Å²) in [6, 6.07) is 19.9. The Balaban J connectivity index is 1.88. The second-order valence-electron chi connectivity index (χ2n) is 8.50. The molecule has 0 unspecified atom stereocenters. The number of thioether (sulfide) groups is 1. The molecule has 0 fully saturated rings. The van der Waals surface area contributed by atoms with Gasteiger partial charge in [-0.2, -0.15) is 0 Å². The Morgan fingerprint density at radius 1 is 1.06 bits per heavy atom. The number of likely N-dealkylation sites (N-methyl/N-ethyl adjacent to an activating group) is 1. The monoisotopic (exact) mass is 478 g/mol. The van der Waals surface area contributed by atoms with Crippen molar-refractivity contribution in [2.75, 3.05) is 38.7 Å². The van der Waals surface area contributed by atoms with E-state index in [4.69, 9.17) is 9.47 Å². The molecule has 2 atom stereocenters. The van der Waals surface area contributed by atoms with Crippen LogP contribution in [0.3, 0.4) is 0 Å². The lowest BCUT2D eigenvalue weighted by Crippen LogP contribution is -2.46. The third-order valence-corrected chi connectivity index (χ3v) is 7.12. The van der Waals surface area contributed by atoms with E-state index >= 15 is 0 Å². The molecule has 0 saturated carbocycles. The topological polar surface area (TPSA) is 59.1 Å². The van der Waals surface area contributed by atoms with E-state index in [2.05, 4.69) is 18.2 Å². The first-order valence-corrected chi connectivity index (χ1v) is 12.3. The van der Waals surface area contributed by atoms with Crippen LogP contribution in [0.4, 0.5) is 5.69 Å². The zero-order chi connectivity index (χ0) is 24.2. The van der Waals surface area contributed by atoms with Crippen molar-refractivity contribution >= 4 is 40.1 Å². The molecule has 0 spiro atoms. The Morgan fingerprint density at radius 2 is 1.76 bits per heavy atom. The molecule has 1 aliphatic heterocycles. The van der Waals surface area contributed by atoms with Gasteiger partial charge in [-0.1, -0.05) is 36.4 Å². The minimum Gasteiger partial charge on any atom is -0.494 e. The summed E-state index contributed by atoms with van der Waals surface area (Å²) in [7, 11) is 3.95. The molecule has 1 amide bonds. The molecule has 3 aromatic rings. The highest BCUT2D eigenvalue weighted by molar-refractivity contribution is 7.99. The highest BCUT2D eigenvalue weighted by Gasteiger charge is 2.39. The van der Waals surface area contributed by atoms with E-state index in [1.807, 2.05) is 68.4 Å². The summed E-state index contributed by atoms with van der Waals surface area (Å²) in [5.41, 5.74) is 1.74. The molecule has 0 radical (unpaired) electrons. The maximum atomic E-state index is 14.0. The second-order valence-corrected chi connectivity index (χ2v) is 9.68. The standard InChI is InChI=1S/C27H30N2O4S/c1-5-32-21-14-12-20(13-15-21)26-25(33-18(2)30)27(31)29(17-16-28(3)4)22-10-6-8-19-9-7-11-23(34-26)24(19)22/h6-15,25-26H,5,16-17H2,1-4H3/t25-,26+/m1/s1. The summed E-state index contributed by atoms with van der Waals surface area (Å²) in [4.78, 5) is 31.1. The minimum absolute atomic E-state index is 0.217. The number of carbonyl (C=O) groups excluding carboxylic acids is 2. The molecular formula is C27H30N2O4S. The van der Waals surface area contributed by atoms with E-state index < -0.39 is 17.3 Å². The highest BCUT2D eigenvalue weighted by atomic mass is 32.2. The number of esters is 1. The van der Waals surface area contributed by atoms with Crippen molar-refractivity contribution in [3.63, 3.8) is 0 Å². The first kappa shape index (κ1) is 24.1. The lowest BCUT2D eigenvalue weighted by Gasteiger charge is -2.35. The largest absolute Gasteiger partial charge is 0.494 e. The molecule has 0 bridgehead atoms. The lowest BCUT2D eigenvalue weighted by atomic mass is 10.0. The smallest absolute Gasteiger partial charge is 0.303 e. The van der Waals surface area contributed by atoms with Gasteiger partial charge in [0.05, 0.1) is 17.5 Å². The number of benzene rings is 3. The second kappa shape index (κ2) is 10.5. The average Bonchev–Trinajstić information content (AvgIpc) is 2.81. The van der Waals surface area contributed by atoms with Crippen molar-refractivity contribution < 1.29 is 19.1 Å². The number of nitrogens with zero attached hydrogens (tertiary/aromatic N) is 2. The molecule has 1 heterocycles. The van der Waals surface area contributed by atoms with E-state index in [1.165, 1.54) is 6.92 Å². The molecule has 4 rings (SSSR count). The SMILES string of the molecule is CCOc1ccc([C@@H]2Sc3cccc4cccc(c34)N(CCN(C)C)C(=O)[C@@H]2OC(C)=O)cc1. The number of amides is 1. The first-order chi connectivity index (χ1) is 16.4. The molecule has 178 valence electrons. The van der Waals surface area contributed by atoms with Crippen LogP contribution in [0.2, 0.25) is 0 Å². The molecule has 6 nitrogen and oxygen atoms in total. The van der Waals surface area contributed by atoms with Crippen LogP contribution < -0.4 is 9.64 Å². The zero-order valence-corrected chi connectivity index (χ0v) is 20.8. The maximum absolute atomic E-state index is 14.0. The van der Waals surface area contributed by atoms with Gasteiger partial charge < -0.3 is 19.3 Å². The van der Waals surface area contributed by atoms with Crippen molar-refractivity contribution in [3.8, 4) is 5.75 Å². The normalized spacial score (nSPS) is 18.0. The first-order valence-electron chi connectivity index (χ1n) is 11.4. The minimum atomic E-state index is -0.966. The van der Waals surface area contributed by atoms with Gasteiger partial charge in [0.25, 0.3) is 5.91 Å². The van der Waals surface area contributed by atoms with Crippen LogP contribution >= 0.6 is 11.8 Å². The quantitative estimate of drug-likeness (QED) is 0.450. The number of hydrogen-bond acceptors (Lipinski definition) is 6. The van der Waals surface area contributed by atoms with Gasteiger partial charge in [-0.05, 0) is 56.2 Å². The van der Waals surface area contributed by atoms with Crippen LogP contribution in [0, 0.1) is 0 Å². The number of hydrogen-bond donors (Lipinski definition) is 0. The molecule has 3 aromatic carbocycles.